The molecule has 0 aromatic heterocycles. The Balaban J connectivity index is 3.59. The van der Waals surface area contributed by atoms with Crippen molar-refractivity contribution in [3.05, 3.63) is 48.6 Å². The number of hydrogen-bond acceptors (Lipinski definition) is 3. The fourth-order valence-corrected chi connectivity index (χ4v) is 6.01. The molecule has 0 aliphatic carbocycles. The molecule has 0 saturated heterocycles. The van der Waals surface area contributed by atoms with Crippen LogP contribution in [0.3, 0.4) is 0 Å². The van der Waals surface area contributed by atoms with E-state index in [0.717, 1.165) is 38.5 Å². The van der Waals surface area contributed by atoms with E-state index in [-0.39, 0.29) is 6.10 Å². The van der Waals surface area contributed by atoms with E-state index in [2.05, 4.69) is 74.5 Å². The second-order valence-electron chi connectivity index (χ2n) is 14.0. The number of rotatable bonds is 36. The number of unbranched alkanes of at least 4 members (excludes halogenated alkanes) is 21. The van der Waals surface area contributed by atoms with Gasteiger partial charge < -0.3 is 14.7 Å². The highest BCUT2D eigenvalue weighted by atomic mass is 16.7. The summed E-state index contributed by atoms with van der Waals surface area (Å²) < 4.78 is 5.21. The molecule has 1 atom stereocenters. The van der Waals surface area contributed by atoms with Gasteiger partial charge in [0.1, 0.15) is 6.10 Å². The van der Waals surface area contributed by atoms with Gasteiger partial charge in [-0.15, -0.1) is 0 Å². The van der Waals surface area contributed by atoms with E-state index in [0.29, 0.717) is 0 Å². The molecule has 0 aromatic rings. The highest BCUT2D eigenvalue weighted by Crippen LogP contribution is 2.18. The number of allylic oxidation sites excluding steroid dienone is 8. The van der Waals surface area contributed by atoms with Gasteiger partial charge in [0.05, 0.1) is 0 Å². The molecule has 0 aromatic carbocycles. The molecule has 0 saturated carbocycles. The Morgan fingerprint density at radius 3 is 1.21 bits per heavy atom. The number of hydrogen-bond donors (Lipinski definition) is 1. The van der Waals surface area contributed by atoms with Crippen LogP contribution in [0.1, 0.15) is 193 Å². The summed E-state index contributed by atoms with van der Waals surface area (Å²) in [6.45, 7) is 3.48. The maximum atomic E-state index is 11.2. The van der Waals surface area contributed by atoms with Crippen LogP contribution < -0.4 is 0 Å². The minimum absolute atomic E-state index is 0.124. The number of ether oxygens (including phenoxy) is 1. The molecule has 0 fully saturated rings. The van der Waals surface area contributed by atoms with Crippen LogP contribution in [0.2, 0.25) is 0 Å². The third-order valence-electron chi connectivity index (χ3n) is 8.97. The first-order chi connectivity index (χ1) is 23.1. The topological polar surface area (TPSA) is 49.8 Å². The number of nitrogens with zero attached hydrogens (tertiary/aromatic N) is 1. The molecule has 4 heteroatoms. The second kappa shape index (κ2) is 38.6. The molecule has 1 unspecified atom stereocenters. The average molecular weight is 658 g/mol. The number of carboxylic acid groups (broad SMARTS) is 1. The van der Waals surface area contributed by atoms with Crippen molar-refractivity contribution in [2.45, 2.75) is 199 Å². The van der Waals surface area contributed by atoms with E-state index in [1.807, 2.05) is 0 Å². The molecule has 1 N–H and O–H groups in total. The summed E-state index contributed by atoms with van der Waals surface area (Å²) >= 11 is 0. The molecule has 0 aliphatic rings. The Morgan fingerprint density at radius 2 is 0.851 bits per heavy atom. The lowest BCUT2D eigenvalue weighted by Crippen LogP contribution is -2.16. The van der Waals surface area contributed by atoms with E-state index >= 15 is 0 Å². The summed E-state index contributed by atoms with van der Waals surface area (Å²) in [4.78, 5) is 13.4. The molecule has 0 heterocycles. The van der Waals surface area contributed by atoms with E-state index < -0.39 is 6.16 Å². The van der Waals surface area contributed by atoms with Gasteiger partial charge in [0.15, 0.2) is 0 Å². The van der Waals surface area contributed by atoms with E-state index in [1.165, 1.54) is 154 Å². The van der Waals surface area contributed by atoms with Gasteiger partial charge in [-0.1, -0.05) is 145 Å². The van der Waals surface area contributed by atoms with Crippen molar-refractivity contribution in [3.63, 3.8) is 0 Å². The summed E-state index contributed by atoms with van der Waals surface area (Å²) in [7, 11) is 4.31. The maximum absolute atomic E-state index is 11.2. The smallest absolute Gasteiger partial charge is 0.450 e. The van der Waals surface area contributed by atoms with Gasteiger partial charge in [-0.2, -0.15) is 0 Å². The predicted octanol–water partition coefficient (Wildman–Crippen LogP) is 14.2. The lowest BCUT2D eigenvalue weighted by molar-refractivity contribution is 0.0422. The van der Waals surface area contributed by atoms with E-state index in [9.17, 15) is 4.79 Å². The molecular formula is C43H79NO3. The summed E-state index contributed by atoms with van der Waals surface area (Å²) in [5.41, 5.74) is 0. The van der Waals surface area contributed by atoms with Gasteiger partial charge in [-0.25, -0.2) is 4.79 Å². The first-order valence-corrected chi connectivity index (χ1v) is 20.2. The van der Waals surface area contributed by atoms with Crippen LogP contribution >= 0.6 is 0 Å². The summed E-state index contributed by atoms with van der Waals surface area (Å²) in [6.07, 6.45) is 52.9. The lowest BCUT2D eigenvalue weighted by Gasteiger charge is -2.15. The Kier molecular flexibility index (Phi) is 37.1. The van der Waals surface area contributed by atoms with Crippen molar-refractivity contribution in [1.29, 1.82) is 0 Å². The van der Waals surface area contributed by atoms with Gasteiger partial charge in [0, 0.05) is 0 Å². The maximum Gasteiger partial charge on any atom is 0.506 e. The van der Waals surface area contributed by atoms with Crippen molar-refractivity contribution in [1.82, 2.24) is 4.90 Å². The van der Waals surface area contributed by atoms with Crippen LogP contribution in [0.4, 0.5) is 4.79 Å². The molecule has 47 heavy (non-hydrogen) atoms. The minimum atomic E-state index is -1.12. The molecule has 4 nitrogen and oxygen atoms in total. The highest BCUT2D eigenvalue weighted by Gasteiger charge is 2.13. The fraction of sp³-hybridized carbons (Fsp3) is 0.791. The summed E-state index contributed by atoms with van der Waals surface area (Å²) in [5.74, 6) is 0. The normalized spacial score (nSPS) is 12.9. The van der Waals surface area contributed by atoms with E-state index in [4.69, 9.17) is 9.84 Å². The van der Waals surface area contributed by atoms with Gasteiger partial charge in [0.2, 0.25) is 0 Å². The van der Waals surface area contributed by atoms with Crippen LogP contribution in [0.25, 0.3) is 0 Å². The van der Waals surface area contributed by atoms with Crippen LogP contribution in [0, 0.1) is 0 Å². The molecule has 0 spiro atoms. The summed E-state index contributed by atoms with van der Waals surface area (Å²) in [6, 6.07) is 0. The first kappa shape index (κ1) is 45.2. The standard InChI is InChI=1S/C43H79NO3/c1-4-5-6-7-8-9-10-11-12-18-21-24-27-30-33-36-39-42(47-43(45)46)40-37-34-31-28-25-22-19-16-14-13-15-17-20-23-26-29-32-35-38-41-44(2)3/h8-9,11-12,14-17,42H,4-7,10,13,18-41H2,1-3H3,(H,45,46). The van der Waals surface area contributed by atoms with Crippen LogP contribution in [-0.2, 0) is 4.74 Å². The van der Waals surface area contributed by atoms with Crippen molar-refractivity contribution < 1.29 is 14.6 Å². The average Bonchev–Trinajstić information content (AvgIpc) is 3.04. The Hall–Kier alpha value is -1.81. The fourth-order valence-electron chi connectivity index (χ4n) is 6.01. The molecule has 0 radical (unpaired) electrons. The third-order valence-corrected chi connectivity index (χ3v) is 8.97. The van der Waals surface area contributed by atoms with Crippen molar-refractivity contribution >= 4 is 6.16 Å². The number of carbonyl (C=O) groups is 1. The first-order valence-electron chi connectivity index (χ1n) is 20.2. The zero-order valence-corrected chi connectivity index (χ0v) is 31.6. The Bertz CT molecular complexity index is 754. The molecule has 0 amide bonds. The van der Waals surface area contributed by atoms with Gasteiger partial charge in [0.25, 0.3) is 0 Å². The Morgan fingerprint density at radius 1 is 0.511 bits per heavy atom. The van der Waals surface area contributed by atoms with Gasteiger partial charge in [-0.3, -0.25) is 0 Å². The van der Waals surface area contributed by atoms with E-state index in [1.54, 1.807) is 0 Å². The van der Waals surface area contributed by atoms with Crippen molar-refractivity contribution in [3.8, 4) is 0 Å². The Labute approximate surface area is 293 Å². The zero-order valence-electron chi connectivity index (χ0n) is 31.6. The quantitative estimate of drug-likeness (QED) is 0.0414. The van der Waals surface area contributed by atoms with Gasteiger partial charge in [-0.05, 0) is 117 Å². The van der Waals surface area contributed by atoms with Crippen LogP contribution in [0.15, 0.2) is 48.6 Å². The molecule has 0 bridgehead atoms. The van der Waals surface area contributed by atoms with Crippen molar-refractivity contribution in [2.24, 2.45) is 0 Å². The van der Waals surface area contributed by atoms with Crippen LogP contribution in [0.5, 0.6) is 0 Å². The van der Waals surface area contributed by atoms with Gasteiger partial charge >= 0.3 is 6.16 Å². The SMILES string of the molecule is CCCCCC=CCC=CCCCCCCCCC(CCCCCCCCC=CCC=CCCCCCCCCN(C)C)OC(=O)O. The molecule has 0 aliphatic heterocycles. The zero-order chi connectivity index (χ0) is 34.3. The largest absolute Gasteiger partial charge is 0.506 e. The molecule has 274 valence electrons. The molecule has 0 rings (SSSR count). The third kappa shape index (κ3) is 40.3. The second-order valence-corrected chi connectivity index (χ2v) is 14.0. The molecular weight excluding hydrogens is 578 g/mol. The van der Waals surface area contributed by atoms with Crippen molar-refractivity contribution in [2.75, 3.05) is 20.6 Å². The predicted molar refractivity (Wildman–Crippen MR) is 208 cm³/mol. The van der Waals surface area contributed by atoms with Crippen LogP contribution in [-0.4, -0.2) is 42.9 Å². The highest BCUT2D eigenvalue weighted by molar-refractivity contribution is 5.57. The summed E-state index contributed by atoms with van der Waals surface area (Å²) in [5, 5.41) is 9.15. The minimum Gasteiger partial charge on any atom is -0.450 e. The lowest BCUT2D eigenvalue weighted by atomic mass is 10.0. The monoisotopic (exact) mass is 658 g/mol.